The van der Waals surface area contributed by atoms with Crippen LogP contribution in [-0.2, 0) is 0 Å². The van der Waals surface area contributed by atoms with Gasteiger partial charge in [-0.15, -0.1) is 0 Å². The molecule has 2 aromatic carbocycles. The van der Waals surface area contributed by atoms with Gasteiger partial charge in [-0.2, -0.15) is 5.10 Å². The number of fused-ring (bicyclic) bond motifs is 1. The van der Waals surface area contributed by atoms with E-state index in [0.29, 0.717) is 5.92 Å². The Bertz CT molecular complexity index is 1340. The van der Waals surface area contributed by atoms with Gasteiger partial charge in [0, 0.05) is 43.2 Å². The minimum Gasteiger partial charge on any atom is -0.486 e. The van der Waals surface area contributed by atoms with Crippen LogP contribution in [0.5, 0.6) is 5.75 Å². The van der Waals surface area contributed by atoms with Crippen molar-refractivity contribution in [3.8, 4) is 28.0 Å². The molecule has 0 bridgehead atoms. The molecule has 1 aliphatic carbocycles. The smallest absolute Gasteiger partial charge is 0.162 e. The summed E-state index contributed by atoms with van der Waals surface area (Å²) in [5, 5.41) is 14.4. The molecule has 6 nitrogen and oxygen atoms in total. The van der Waals surface area contributed by atoms with E-state index in [4.69, 9.17) is 9.72 Å². The second-order valence-corrected chi connectivity index (χ2v) is 10.4. The lowest BCUT2D eigenvalue weighted by atomic mass is 9.99. The van der Waals surface area contributed by atoms with Gasteiger partial charge in [-0.25, -0.2) is 9.50 Å². The second-order valence-electron chi connectivity index (χ2n) is 10.4. The number of ether oxygens (including phenoxy) is 1. The fourth-order valence-corrected chi connectivity index (χ4v) is 5.05. The molecule has 1 saturated carbocycles. The topological polar surface area (TPSA) is 62.9 Å². The summed E-state index contributed by atoms with van der Waals surface area (Å²) in [6.45, 7) is 7.03. The van der Waals surface area contributed by atoms with Crippen LogP contribution in [0.1, 0.15) is 44.6 Å². The lowest BCUT2D eigenvalue weighted by Crippen LogP contribution is -2.36. The Labute approximate surface area is 206 Å². The minimum atomic E-state index is -0.188. The van der Waals surface area contributed by atoms with Crippen molar-refractivity contribution in [3.63, 3.8) is 0 Å². The van der Waals surface area contributed by atoms with Gasteiger partial charge < -0.3 is 9.84 Å². The normalized spacial score (nSPS) is 19.5. The Balaban J connectivity index is 1.19. The Morgan fingerprint density at radius 2 is 1.89 bits per heavy atom. The highest BCUT2D eigenvalue weighted by Gasteiger charge is 2.47. The van der Waals surface area contributed by atoms with E-state index in [-0.39, 0.29) is 11.7 Å². The number of likely N-dealkylation sites (tertiary alicyclic amines) is 1. The van der Waals surface area contributed by atoms with E-state index in [0.717, 1.165) is 72.5 Å². The van der Waals surface area contributed by atoms with Crippen LogP contribution in [0.3, 0.4) is 0 Å². The zero-order valence-electron chi connectivity index (χ0n) is 20.4. The standard InChI is InChI=1S/C29H32N4O2/c1-20(2)22-4-3-5-23(14-22)27-16-31-33-17-24(15-30-28(27)33)21-6-8-26(9-7-21)35-29(11-12-29)19-32-13-10-25(34)18-32/h3-9,14-17,20,25,34H,10-13,18-19H2,1-2H3. The van der Waals surface area contributed by atoms with E-state index >= 15 is 0 Å². The minimum absolute atomic E-state index is 0.0929. The van der Waals surface area contributed by atoms with Gasteiger partial charge in [0.15, 0.2) is 5.65 Å². The van der Waals surface area contributed by atoms with Crippen LogP contribution in [0.4, 0.5) is 0 Å². The molecule has 2 aliphatic rings. The first-order valence-electron chi connectivity index (χ1n) is 12.6. The molecule has 0 amide bonds. The number of benzene rings is 2. The first kappa shape index (κ1) is 22.3. The molecule has 1 atom stereocenters. The maximum Gasteiger partial charge on any atom is 0.162 e. The average Bonchev–Trinajstić information content (AvgIpc) is 3.28. The fourth-order valence-electron chi connectivity index (χ4n) is 5.05. The summed E-state index contributed by atoms with van der Waals surface area (Å²) in [7, 11) is 0. The third-order valence-electron chi connectivity index (χ3n) is 7.31. The highest BCUT2D eigenvalue weighted by atomic mass is 16.5. The predicted octanol–water partition coefficient (Wildman–Crippen LogP) is 5.16. The Morgan fingerprint density at radius 1 is 1.06 bits per heavy atom. The van der Waals surface area contributed by atoms with Gasteiger partial charge in [0.25, 0.3) is 0 Å². The lowest BCUT2D eigenvalue weighted by Gasteiger charge is -2.24. The Kier molecular flexibility index (Phi) is 5.58. The monoisotopic (exact) mass is 468 g/mol. The molecule has 180 valence electrons. The first-order chi connectivity index (χ1) is 17.0. The summed E-state index contributed by atoms with van der Waals surface area (Å²) in [6.07, 6.45) is 8.68. The highest BCUT2D eigenvalue weighted by molar-refractivity contribution is 5.78. The molecule has 1 N–H and O–H groups in total. The third-order valence-corrected chi connectivity index (χ3v) is 7.31. The van der Waals surface area contributed by atoms with E-state index in [1.165, 1.54) is 5.56 Å². The van der Waals surface area contributed by atoms with Gasteiger partial charge in [-0.3, -0.25) is 4.90 Å². The van der Waals surface area contributed by atoms with Crippen LogP contribution in [0.15, 0.2) is 67.1 Å². The maximum absolute atomic E-state index is 9.81. The lowest BCUT2D eigenvalue weighted by molar-refractivity contribution is 0.113. The van der Waals surface area contributed by atoms with Crippen molar-refractivity contribution in [3.05, 3.63) is 72.7 Å². The van der Waals surface area contributed by atoms with Gasteiger partial charge in [0.2, 0.25) is 0 Å². The van der Waals surface area contributed by atoms with E-state index in [1.54, 1.807) is 0 Å². The molecule has 2 aromatic heterocycles. The van der Waals surface area contributed by atoms with Crippen molar-refractivity contribution in [1.82, 2.24) is 19.5 Å². The maximum atomic E-state index is 9.81. The second kappa shape index (κ2) is 8.77. The van der Waals surface area contributed by atoms with Gasteiger partial charge in [0.05, 0.1) is 12.3 Å². The van der Waals surface area contributed by atoms with Gasteiger partial charge in [0.1, 0.15) is 11.4 Å². The quantitative estimate of drug-likeness (QED) is 0.406. The number of aliphatic hydroxyl groups is 1. The summed E-state index contributed by atoms with van der Waals surface area (Å²) < 4.78 is 8.26. The Hall–Kier alpha value is -3.22. The number of nitrogens with zero attached hydrogens (tertiary/aromatic N) is 4. The summed E-state index contributed by atoms with van der Waals surface area (Å²) in [6, 6.07) is 16.9. The molecule has 1 unspecified atom stereocenters. The van der Waals surface area contributed by atoms with Crippen LogP contribution in [0, 0.1) is 0 Å². The number of hydrogen-bond donors (Lipinski definition) is 1. The molecular weight excluding hydrogens is 436 g/mol. The Morgan fingerprint density at radius 3 is 2.60 bits per heavy atom. The molecule has 0 radical (unpaired) electrons. The summed E-state index contributed by atoms with van der Waals surface area (Å²) in [4.78, 5) is 7.09. The average molecular weight is 469 g/mol. The predicted molar refractivity (Wildman–Crippen MR) is 138 cm³/mol. The third kappa shape index (κ3) is 4.56. The first-order valence-corrected chi connectivity index (χ1v) is 12.6. The molecule has 0 spiro atoms. The number of rotatable bonds is 7. The van der Waals surface area contributed by atoms with E-state index in [9.17, 15) is 5.11 Å². The van der Waals surface area contributed by atoms with Crippen molar-refractivity contribution in [2.45, 2.75) is 50.7 Å². The van der Waals surface area contributed by atoms with Gasteiger partial charge >= 0.3 is 0 Å². The molecule has 35 heavy (non-hydrogen) atoms. The molecule has 6 rings (SSSR count). The van der Waals surface area contributed by atoms with Crippen molar-refractivity contribution in [1.29, 1.82) is 0 Å². The van der Waals surface area contributed by atoms with Crippen molar-refractivity contribution in [2.24, 2.45) is 0 Å². The van der Waals surface area contributed by atoms with Crippen LogP contribution < -0.4 is 4.74 Å². The van der Waals surface area contributed by atoms with Crippen LogP contribution in [-0.4, -0.2) is 55.9 Å². The fraction of sp³-hybridized carbons (Fsp3) is 0.379. The number of aliphatic hydroxyl groups excluding tert-OH is 1. The van der Waals surface area contributed by atoms with Gasteiger partial charge in [-0.1, -0.05) is 50.2 Å². The number of aromatic nitrogens is 3. The molecule has 1 aliphatic heterocycles. The summed E-state index contributed by atoms with van der Waals surface area (Å²) in [5.41, 5.74) is 6.36. The van der Waals surface area contributed by atoms with Crippen LogP contribution >= 0.6 is 0 Å². The molecule has 4 aromatic rings. The van der Waals surface area contributed by atoms with E-state index < -0.39 is 0 Å². The van der Waals surface area contributed by atoms with Crippen molar-refractivity contribution < 1.29 is 9.84 Å². The molecular formula is C29H32N4O2. The number of β-amino-alcohol motifs (C(OH)–C–C–N with tert-alkyl or cyclic N) is 1. The molecule has 2 fully saturated rings. The summed E-state index contributed by atoms with van der Waals surface area (Å²) in [5.74, 6) is 1.37. The number of hydrogen-bond acceptors (Lipinski definition) is 5. The highest BCUT2D eigenvalue weighted by Crippen LogP contribution is 2.42. The van der Waals surface area contributed by atoms with E-state index in [2.05, 4.69) is 60.2 Å². The van der Waals surface area contributed by atoms with Gasteiger partial charge in [-0.05, 0) is 54.0 Å². The molecule has 3 heterocycles. The zero-order chi connectivity index (χ0) is 24.0. The van der Waals surface area contributed by atoms with Crippen LogP contribution in [0.25, 0.3) is 27.9 Å². The summed E-state index contributed by atoms with van der Waals surface area (Å²) >= 11 is 0. The van der Waals surface area contributed by atoms with E-state index in [1.807, 2.05) is 35.2 Å². The van der Waals surface area contributed by atoms with Crippen molar-refractivity contribution >= 4 is 5.65 Å². The largest absolute Gasteiger partial charge is 0.486 e. The molecule has 6 heteroatoms. The molecule has 1 saturated heterocycles. The van der Waals surface area contributed by atoms with Crippen molar-refractivity contribution in [2.75, 3.05) is 19.6 Å². The zero-order valence-corrected chi connectivity index (χ0v) is 20.4. The SMILES string of the molecule is CC(C)c1cccc(-c2cnn3cc(-c4ccc(OC5(CN6CCC(O)C6)CC5)cc4)cnc23)c1. The van der Waals surface area contributed by atoms with Crippen LogP contribution in [0.2, 0.25) is 0 Å².